The monoisotopic (exact) mass is 132 g/mol. The quantitative estimate of drug-likeness (QED) is 0.582. The number of nitrogens with zero attached hydrogens (tertiary/aromatic N) is 1. The smallest absolute Gasteiger partial charge is 0.0955 e. The highest BCUT2D eigenvalue weighted by Gasteiger charge is 1.85. The fraction of sp³-hybridized carbons (Fsp3) is 0. The third-order valence-electron chi connectivity index (χ3n) is 0.530. The van der Waals surface area contributed by atoms with Crippen LogP contribution in [0, 0.1) is 0 Å². The molecule has 1 heterocycles. The standard InChI is InChI=1S/C3H4N2S2/c4-6-3-1-2-5-7-3/h1-2H,4H2. The first kappa shape index (κ1) is 5.08. The Balaban J connectivity index is 2.76. The number of aromatic nitrogens is 1. The molecule has 1 rings (SSSR count). The van der Waals surface area contributed by atoms with Crippen molar-refractivity contribution in [3.63, 3.8) is 0 Å². The van der Waals surface area contributed by atoms with Gasteiger partial charge in [-0.25, -0.2) is 0 Å². The maximum Gasteiger partial charge on any atom is 0.0955 e. The van der Waals surface area contributed by atoms with Gasteiger partial charge in [-0.2, -0.15) is 4.37 Å². The van der Waals surface area contributed by atoms with E-state index in [1.165, 1.54) is 23.5 Å². The van der Waals surface area contributed by atoms with Gasteiger partial charge in [-0.15, -0.1) is 0 Å². The van der Waals surface area contributed by atoms with Crippen LogP contribution < -0.4 is 5.14 Å². The minimum atomic E-state index is 1.06. The minimum absolute atomic E-state index is 1.06. The summed E-state index contributed by atoms with van der Waals surface area (Å²) in [4.78, 5) is 0. The summed E-state index contributed by atoms with van der Waals surface area (Å²) in [7, 11) is 0. The normalized spacial score (nSPS) is 9.29. The third kappa shape index (κ3) is 1.15. The number of rotatable bonds is 1. The molecule has 0 radical (unpaired) electrons. The first-order chi connectivity index (χ1) is 3.43. The van der Waals surface area contributed by atoms with Gasteiger partial charge >= 0.3 is 0 Å². The van der Waals surface area contributed by atoms with Crippen LogP contribution in [0.2, 0.25) is 0 Å². The first-order valence-electron chi connectivity index (χ1n) is 1.71. The van der Waals surface area contributed by atoms with Crippen LogP contribution in [0.15, 0.2) is 16.5 Å². The summed E-state index contributed by atoms with van der Waals surface area (Å²) in [6, 6.07) is 1.88. The molecule has 0 spiro atoms. The molecule has 0 aliphatic carbocycles. The Labute approximate surface area is 50.0 Å². The van der Waals surface area contributed by atoms with Gasteiger partial charge in [0.25, 0.3) is 0 Å². The zero-order valence-corrected chi connectivity index (χ0v) is 5.13. The van der Waals surface area contributed by atoms with Gasteiger partial charge in [0.1, 0.15) is 0 Å². The van der Waals surface area contributed by atoms with Gasteiger partial charge in [0.05, 0.1) is 4.21 Å². The second kappa shape index (κ2) is 2.30. The van der Waals surface area contributed by atoms with Crippen LogP contribution in [-0.4, -0.2) is 4.37 Å². The summed E-state index contributed by atoms with van der Waals surface area (Å²) in [6.07, 6.45) is 1.74. The molecule has 0 aromatic carbocycles. The highest BCUT2D eigenvalue weighted by molar-refractivity contribution is 7.98. The van der Waals surface area contributed by atoms with Crippen molar-refractivity contribution in [3.05, 3.63) is 12.3 Å². The Bertz CT molecular complexity index is 125. The van der Waals surface area contributed by atoms with Crippen LogP contribution in [0.4, 0.5) is 0 Å². The summed E-state index contributed by atoms with van der Waals surface area (Å²) in [5.74, 6) is 0. The van der Waals surface area contributed by atoms with Crippen LogP contribution in [-0.2, 0) is 0 Å². The Morgan fingerprint density at radius 2 is 2.71 bits per heavy atom. The topological polar surface area (TPSA) is 38.9 Å². The van der Waals surface area contributed by atoms with E-state index in [0.29, 0.717) is 0 Å². The number of nitrogens with two attached hydrogens (primary N) is 1. The molecule has 0 bridgehead atoms. The SMILES string of the molecule is NSc1ccns1. The molecule has 0 saturated heterocycles. The van der Waals surface area contributed by atoms with Gasteiger partial charge < -0.3 is 0 Å². The lowest BCUT2D eigenvalue weighted by Gasteiger charge is -1.76. The highest BCUT2D eigenvalue weighted by Crippen LogP contribution is 2.13. The zero-order valence-electron chi connectivity index (χ0n) is 3.50. The van der Waals surface area contributed by atoms with E-state index in [1.54, 1.807) is 6.20 Å². The van der Waals surface area contributed by atoms with Crippen molar-refractivity contribution < 1.29 is 0 Å². The molecule has 1 aromatic heterocycles. The molecule has 4 heteroatoms. The van der Waals surface area contributed by atoms with Crippen molar-refractivity contribution in [3.8, 4) is 0 Å². The van der Waals surface area contributed by atoms with Crippen molar-refractivity contribution in [2.45, 2.75) is 4.21 Å². The Morgan fingerprint density at radius 3 is 3.00 bits per heavy atom. The van der Waals surface area contributed by atoms with Gasteiger partial charge in [0.2, 0.25) is 0 Å². The summed E-state index contributed by atoms with van der Waals surface area (Å²) in [5, 5.41) is 5.18. The highest BCUT2D eigenvalue weighted by atomic mass is 32.2. The van der Waals surface area contributed by atoms with Crippen LogP contribution in [0.25, 0.3) is 0 Å². The molecule has 0 unspecified atom stereocenters. The van der Waals surface area contributed by atoms with Crippen molar-refractivity contribution in [1.29, 1.82) is 0 Å². The van der Waals surface area contributed by atoms with Gasteiger partial charge in [-0.3, -0.25) is 5.14 Å². The van der Waals surface area contributed by atoms with E-state index >= 15 is 0 Å². The Kier molecular flexibility index (Phi) is 1.67. The number of hydrogen-bond donors (Lipinski definition) is 1. The second-order valence-corrected chi connectivity index (χ2v) is 2.72. The Hall–Kier alpha value is -0.0600. The van der Waals surface area contributed by atoms with Crippen LogP contribution in [0.5, 0.6) is 0 Å². The summed E-state index contributed by atoms with van der Waals surface area (Å²) in [6.45, 7) is 0. The van der Waals surface area contributed by atoms with E-state index in [4.69, 9.17) is 5.14 Å². The van der Waals surface area contributed by atoms with Gasteiger partial charge in [0.15, 0.2) is 0 Å². The largest absolute Gasteiger partial charge is 0.273 e. The summed E-state index contributed by atoms with van der Waals surface area (Å²) < 4.78 is 4.89. The molecular formula is C3H4N2S2. The van der Waals surface area contributed by atoms with Crippen molar-refractivity contribution in [2.24, 2.45) is 5.14 Å². The lowest BCUT2D eigenvalue weighted by atomic mass is 10.8. The zero-order chi connectivity index (χ0) is 5.11. The van der Waals surface area contributed by atoms with E-state index in [9.17, 15) is 0 Å². The molecule has 0 saturated carbocycles. The first-order valence-corrected chi connectivity index (χ1v) is 3.36. The van der Waals surface area contributed by atoms with E-state index in [-0.39, 0.29) is 0 Å². The molecule has 0 atom stereocenters. The van der Waals surface area contributed by atoms with Crippen LogP contribution >= 0.6 is 23.5 Å². The fourth-order valence-electron chi connectivity index (χ4n) is 0.265. The maximum absolute atomic E-state index is 5.18. The molecule has 0 aliphatic heterocycles. The van der Waals surface area contributed by atoms with Gasteiger partial charge in [-0.1, -0.05) is 0 Å². The van der Waals surface area contributed by atoms with Crippen LogP contribution in [0.1, 0.15) is 0 Å². The van der Waals surface area contributed by atoms with E-state index in [1.807, 2.05) is 6.07 Å². The lowest BCUT2D eigenvalue weighted by Crippen LogP contribution is -1.70. The molecule has 2 nitrogen and oxygen atoms in total. The molecule has 2 N–H and O–H groups in total. The van der Waals surface area contributed by atoms with E-state index in [2.05, 4.69) is 4.37 Å². The Morgan fingerprint density at radius 1 is 1.86 bits per heavy atom. The third-order valence-corrected chi connectivity index (χ3v) is 1.95. The van der Waals surface area contributed by atoms with E-state index < -0.39 is 0 Å². The summed E-state index contributed by atoms with van der Waals surface area (Å²) in [5.41, 5.74) is 0. The molecular weight excluding hydrogens is 128 g/mol. The van der Waals surface area contributed by atoms with Crippen molar-refractivity contribution in [1.82, 2.24) is 4.37 Å². The fourth-order valence-corrected chi connectivity index (χ4v) is 1.05. The van der Waals surface area contributed by atoms with Gasteiger partial charge in [-0.05, 0) is 29.5 Å². The van der Waals surface area contributed by atoms with Crippen molar-refractivity contribution >= 4 is 23.5 Å². The van der Waals surface area contributed by atoms with E-state index in [0.717, 1.165) is 4.21 Å². The van der Waals surface area contributed by atoms with Crippen molar-refractivity contribution in [2.75, 3.05) is 0 Å². The predicted molar refractivity (Wildman–Crippen MR) is 32.2 cm³/mol. The molecule has 0 aliphatic rings. The van der Waals surface area contributed by atoms with Crippen LogP contribution in [0.3, 0.4) is 0 Å². The average molecular weight is 132 g/mol. The maximum atomic E-state index is 5.18. The average Bonchev–Trinajstić information content (AvgIpc) is 2.14. The molecule has 0 fully saturated rings. The second-order valence-electron chi connectivity index (χ2n) is 0.949. The minimum Gasteiger partial charge on any atom is -0.273 e. The molecule has 0 amide bonds. The molecule has 7 heavy (non-hydrogen) atoms. The summed E-state index contributed by atoms with van der Waals surface area (Å²) >= 11 is 2.64. The number of hydrogen-bond acceptors (Lipinski definition) is 4. The molecule has 1 aromatic rings. The van der Waals surface area contributed by atoms with Gasteiger partial charge in [0, 0.05) is 6.20 Å². The predicted octanol–water partition coefficient (Wildman–Crippen LogP) is 1.11. The molecule has 38 valence electrons. The lowest BCUT2D eigenvalue weighted by molar-refractivity contribution is 1.57.